The number of amides is 1. The molecule has 0 aromatic heterocycles. The average Bonchev–Trinajstić information content (AvgIpc) is 3.14. The third kappa shape index (κ3) is 3.03. The number of fused-ring (bicyclic) bond motifs is 7. The van der Waals surface area contributed by atoms with Crippen LogP contribution in [-0.4, -0.2) is 43.7 Å². The van der Waals surface area contributed by atoms with E-state index in [-0.39, 0.29) is 16.9 Å². The highest BCUT2D eigenvalue weighted by Gasteiger charge is 2.62. The quantitative estimate of drug-likeness (QED) is 0.580. The molecule has 1 aromatic rings. The molecule has 4 fully saturated rings. The van der Waals surface area contributed by atoms with E-state index in [1.54, 1.807) is 12.7 Å². The van der Waals surface area contributed by atoms with Crippen LogP contribution in [-0.2, 0) is 9.63 Å². The van der Waals surface area contributed by atoms with Crippen molar-refractivity contribution in [2.75, 3.05) is 25.8 Å². The molecular formula is C28H38N2O3. The molecule has 178 valence electrons. The van der Waals surface area contributed by atoms with Crippen molar-refractivity contribution in [3.63, 3.8) is 0 Å². The molecule has 0 spiro atoms. The summed E-state index contributed by atoms with van der Waals surface area (Å²) in [6.07, 6.45) is 10.6. The summed E-state index contributed by atoms with van der Waals surface area (Å²) in [7, 11) is 3.75. The standard InChI is InChI=1S/C28H38N2O3/c1-27-14-11-21-20(9-10-25-28(21,2)15-12-26(31)29(25)3)23(27)17-24-22(27)13-16-30(33-24)18-5-7-19(32-4)8-6-18/h5-8,13,20-21,23-25H,9-12,14-17H2,1-4H3/t20-,21+,23+,24-,25?,27-,28-/m1/s1. The molecule has 0 N–H and O–H groups in total. The Kier molecular flexibility index (Phi) is 4.89. The van der Waals surface area contributed by atoms with Crippen molar-refractivity contribution in [2.24, 2.45) is 28.6 Å². The van der Waals surface area contributed by atoms with Crippen molar-refractivity contribution in [1.29, 1.82) is 0 Å². The number of ether oxygens (including phenoxy) is 1. The zero-order valence-electron chi connectivity index (χ0n) is 20.5. The number of hydroxylamine groups is 1. The minimum atomic E-state index is 0.190. The van der Waals surface area contributed by atoms with Gasteiger partial charge in [0.25, 0.3) is 0 Å². The van der Waals surface area contributed by atoms with E-state index in [9.17, 15) is 4.79 Å². The Morgan fingerprint density at radius 3 is 2.61 bits per heavy atom. The first kappa shape index (κ1) is 21.5. The number of anilines is 1. The highest BCUT2D eigenvalue weighted by molar-refractivity contribution is 5.77. The molecule has 1 amide bonds. The summed E-state index contributed by atoms with van der Waals surface area (Å²) in [5.74, 6) is 3.38. The molecule has 5 heteroatoms. The van der Waals surface area contributed by atoms with Gasteiger partial charge in [-0.3, -0.25) is 9.63 Å². The largest absolute Gasteiger partial charge is 0.497 e. The molecule has 1 unspecified atom stereocenters. The topological polar surface area (TPSA) is 42.0 Å². The second-order valence-corrected chi connectivity index (χ2v) is 11.7. The van der Waals surface area contributed by atoms with Crippen LogP contribution in [0.1, 0.15) is 58.8 Å². The van der Waals surface area contributed by atoms with Crippen LogP contribution in [0.3, 0.4) is 0 Å². The first-order valence-electron chi connectivity index (χ1n) is 12.9. The fraction of sp³-hybridized carbons (Fsp3) is 0.679. The molecule has 7 atom stereocenters. The minimum absolute atomic E-state index is 0.190. The van der Waals surface area contributed by atoms with E-state index in [0.717, 1.165) is 55.5 Å². The van der Waals surface area contributed by atoms with Gasteiger partial charge in [0.05, 0.1) is 19.3 Å². The van der Waals surface area contributed by atoms with Gasteiger partial charge in [0, 0.05) is 19.5 Å². The summed E-state index contributed by atoms with van der Waals surface area (Å²) in [5, 5.41) is 2.06. The Labute approximate surface area is 198 Å². The zero-order valence-corrected chi connectivity index (χ0v) is 20.5. The lowest BCUT2D eigenvalue weighted by Crippen LogP contribution is -2.61. The number of benzene rings is 1. The first-order valence-corrected chi connectivity index (χ1v) is 12.9. The van der Waals surface area contributed by atoms with Crippen LogP contribution in [0.4, 0.5) is 5.69 Å². The summed E-state index contributed by atoms with van der Waals surface area (Å²) in [5.41, 5.74) is 3.17. The van der Waals surface area contributed by atoms with Gasteiger partial charge in [0.15, 0.2) is 0 Å². The van der Waals surface area contributed by atoms with E-state index in [2.05, 4.69) is 42.0 Å². The minimum Gasteiger partial charge on any atom is -0.497 e. The summed E-state index contributed by atoms with van der Waals surface area (Å²) in [4.78, 5) is 21.2. The SMILES string of the molecule is COc1ccc(N2CC=C3[C@@H](C[C@H]4[C@@H]5CCC6N(C)C(=O)CC[C@]6(C)[C@H]5CC[C@]34C)O2)cc1. The van der Waals surface area contributed by atoms with E-state index in [1.807, 2.05) is 19.2 Å². The van der Waals surface area contributed by atoms with Crippen molar-refractivity contribution in [1.82, 2.24) is 4.90 Å². The summed E-state index contributed by atoms with van der Waals surface area (Å²) in [6.45, 7) is 5.83. The lowest BCUT2D eigenvalue weighted by Gasteiger charge is -2.61. The Balaban J connectivity index is 1.25. The van der Waals surface area contributed by atoms with Crippen molar-refractivity contribution in [2.45, 2.75) is 70.9 Å². The molecule has 3 aliphatic carbocycles. The van der Waals surface area contributed by atoms with E-state index >= 15 is 0 Å². The number of piperidine rings is 1. The molecule has 1 aromatic carbocycles. The normalized spacial score (nSPS) is 42.1. The van der Waals surface area contributed by atoms with Crippen molar-refractivity contribution < 1.29 is 14.4 Å². The van der Waals surface area contributed by atoms with E-state index in [4.69, 9.17) is 9.57 Å². The molecule has 1 saturated heterocycles. The number of likely N-dealkylation sites (tertiary alicyclic amines) is 1. The highest BCUT2D eigenvalue weighted by atomic mass is 16.7. The third-order valence-corrected chi connectivity index (χ3v) is 10.5. The van der Waals surface area contributed by atoms with Crippen molar-refractivity contribution in [3.8, 4) is 5.75 Å². The van der Waals surface area contributed by atoms with Crippen LogP contribution < -0.4 is 9.80 Å². The van der Waals surface area contributed by atoms with Gasteiger partial charge in [-0.2, -0.15) is 0 Å². The van der Waals surface area contributed by atoms with Crippen LogP contribution in [0.15, 0.2) is 35.9 Å². The second kappa shape index (κ2) is 7.49. The third-order valence-electron chi connectivity index (χ3n) is 10.5. The molecule has 3 saturated carbocycles. The van der Waals surface area contributed by atoms with E-state index < -0.39 is 0 Å². The molecule has 0 bridgehead atoms. The summed E-state index contributed by atoms with van der Waals surface area (Å²) >= 11 is 0. The molecule has 33 heavy (non-hydrogen) atoms. The fourth-order valence-corrected chi connectivity index (χ4v) is 8.75. The van der Waals surface area contributed by atoms with Gasteiger partial charge in [-0.05, 0) is 96.9 Å². The molecule has 5 aliphatic rings. The van der Waals surface area contributed by atoms with Crippen LogP contribution in [0.5, 0.6) is 5.75 Å². The summed E-state index contributed by atoms with van der Waals surface area (Å²) < 4.78 is 5.32. The maximum atomic E-state index is 12.4. The van der Waals surface area contributed by atoms with Crippen LogP contribution in [0.2, 0.25) is 0 Å². The van der Waals surface area contributed by atoms with Gasteiger partial charge in [-0.25, -0.2) is 5.06 Å². The summed E-state index contributed by atoms with van der Waals surface area (Å²) in [6, 6.07) is 8.60. The second-order valence-electron chi connectivity index (χ2n) is 11.7. The highest BCUT2D eigenvalue weighted by Crippen LogP contribution is 2.66. The monoisotopic (exact) mass is 450 g/mol. The van der Waals surface area contributed by atoms with Gasteiger partial charge in [0.1, 0.15) is 11.9 Å². The fourth-order valence-electron chi connectivity index (χ4n) is 8.75. The molecule has 2 heterocycles. The molecule has 5 nitrogen and oxygen atoms in total. The number of hydrogen-bond acceptors (Lipinski definition) is 4. The molecular weight excluding hydrogens is 412 g/mol. The number of carbonyl (C=O) groups excluding carboxylic acids is 1. The predicted octanol–water partition coefficient (Wildman–Crippen LogP) is 5.22. The van der Waals surface area contributed by atoms with Gasteiger partial charge >= 0.3 is 0 Å². The van der Waals surface area contributed by atoms with Gasteiger partial charge in [0.2, 0.25) is 5.91 Å². The van der Waals surface area contributed by atoms with Crippen molar-refractivity contribution in [3.05, 3.63) is 35.9 Å². The Morgan fingerprint density at radius 1 is 1.06 bits per heavy atom. The van der Waals surface area contributed by atoms with Crippen molar-refractivity contribution >= 4 is 11.6 Å². The predicted molar refractivity (Wildman–Crippen MR) is 129 cm³/mol. The van der Waals surface area contributed by atoms with Gasteiger partial charge in [-0.15, -0.1) is 0 Å². The number of rotatable bonds is 2. The maximum absolute atomic E-state index is 12.4. The smallest absolute Gasteiger partial charge is 0.222 e. The molecule has 2 aliphatic heterocycles. The van der Waals surface area contributed by atoms with Crippen LogP contribution >= 0.6 is 0 Å². The van der Waals surface area contributed by atoms with Crippen LogP contribution in [0.25, 0.3) is 0 Å². The number of carbonyl (C=O) groups is 1. The molecule has 6 rings (SSSR count). The average molecular weight is 451 g/mol. The number of methoxy groups -OCH3 is 1. The van der Waals surface area contributed by atoms with E-state index in [0.29, 0.717) is 17.9 Å². The van der Waals surface area contributed by atoms with E-state index in [1.165, 1.54) is 19.3 Å². The Hall–Kier alpha value is -2.01. The lowest BCUT2D eigenvalue weighted by molar-refractivity contribution is -0.156. The maximum Gasteiger partial charge on any atom is 0.222 e. The first-order chi connectivity index (χ1) is 15.8. The van der Waals surface area contributed by atoms with Gasteiger partial charge < -0.3 is 9.64 Å². The lowest BCUT2D eigenvalue weighted by atomic mass is 9.47. The number of nitrogens with zero attached hydrogens (tertiary/aromatic N) is 2. The van der Waals surface area contributed by atoms with Gasteiger partial charge in [-0.1, -0.05) is 19.9 Å². The number of hydrogen-bond donors (Lipinski definition) is 0. The Bertz CT molecular complexity index is 974. The van der Waals surface area contributed by atoms with Crippen LogP contribution in [0, 0.1) is 28.6 Å². The Morgan fingerprint density at radius 2 is 1.85 bits per heavy atom. The zero-order chi connectivity index (χ0) is 23.0. The molecule has 0 radical (unpaired) electrons.